The molecule has 4 rings (SSSR count). The Bertz CT molecular complexity index is 1190. The Morgan fingerprint density at radius 1 is 0.894 bits per heavy atom. The summed E-state index contributed by atoms with van der Waals surface area (Å²) in [7, 11) is 0. The number of likely N-dealkylation sites (tertiary alicyclic amines) is 2. The zero-order valence-corrected chi connectivity index (χ0v) is 24.6. The Hall–Kier alpha value is -3.91. The van der Waals surface area contributed by atoms with Crippen molar-refractivity contribution in [3.63, 3.8) is 0 Å². The molecule has 0 saturated carbocycles. The fourth-order valence-electron chi connectivity index (χ4n) is 4.61. The molecule has 2 aromatic rings. The Kier molecular flexibility index (Phi) is 15.6. The fourth-order valence-corrected chi connectivity index (χ4v) is 4.61. The molecule has 0 radical (unpaired) electrons. The molecule has 20 heteroatoms. The van der Waals surface area contributed by atoms with Crippen molar-refractivity contribution in [2.45, 2.75) is 45.0 Å². The van der Waals surface area contributed by atoms with Crippen LogP contribution in [0, 0.1) is 11.3 Å². The van der Waals surface area contributed by atoms with Crippen molar-refractivity contribution in [1.82, 2.24) is 14.8 Å². The van der Waals surface area contributed by atoms with Crippen LogP contribution < -0.4 is 0 Å². The maximum absolute atomic E-state index is 10.6. The number of carboxylic acid groups (broad SMARTS) is 3. The number of hydrogen-bond donors (Lipinski definition) is 3. The number of carbonyl (C=O) groups is 3. The molecule has 2 aliphatic heterocycles. The van der Waals surface area contributed by atoms with Crippen molar-refractivity contribution in [2.24, 2.45) is 11.3 Å². The third-order valence-corrected chi connectivity index (χ3v) is 6.78. The van der Waals surface area contributed by atoms with Crippen molar-refractivity contribution < 1.29 is 78.4 Å². The monoisotopic (exact) mass is 697 g/mol. The molecule has 0 bridgehead atoms. The lowest BCUT2D eigenvalue weighted by molar-refractivity contribution is -0.193. The maximum atomic E-state index is 10.6. The first-order chi connectivity index (χ1) is 21.6. The highest BCUT2D eigenvalue weighted by molar-refractivity contribution is 5.73. The van der Waals surface area contributed by atoms with Crippen molar-refractivity contribution >= 4 is 17.9 Å². The molecule has 11 nitrogen and oxygen atoms in total. The first kappa shape index (κ1) is 41.1. The highest BCUT2D eigenvalue weighted by Gasteiger charge is 2.50. The highest BCUT2D eigenvalue weighted by Crippen LogP contribution is 2.44. The number of carboxylic acids is 3. The molecule has 0 aliphatic carbocycles. The number of furan rings is 1. The molecule has 0 unspecified atom stereocenters. The van der Waals surface area contributed by atoms with E-state index in [1.54, 1.807) is 6.26 Å². The van der Waals surface area contributed by atoms with Gasteiger partial charge in [-0.05, 0) is 43.8 Å². The normalized spacial score (nSPS) is 19.9. The molecule has 266 valence electrons. The minimum absolute atomic E-state index is 0.354. The largest absolute Gasteiger partial charge is 0.490 e. The second kappa shape index (κ2) is 17.9. The smallest absolute Gasteiger partial charge is 0.475 e. The first-order valence-electron chi connectivity index (χ1n) is 13.5. The Labute approximate surface area is 261 Å². The van der Waals surface area contributed by atoms with E-state index in [0.717, 1.165) is 50.8 Å². The summed E-state index contributed by atoms with van der Waals surface area (Å²) in [6, 6.07) is 10.0. The number of halogens is 9. The zero-order chi connectivity index (χ0) is 36.1. The van der Waals surface area contributed by atoms with Crippen molar-refractivity contribution in [2.75, 3.05) is 39.3 Å². The van der Waals surface area contributed by atoms with Crippen LogP contribution >= 0.6 is 0 Å². The molecule has 4 heterocycles. The van der Waals surface area contributed by atoms with Crippen molar-refractivity contribution in [3.8, 4) is 0 Å². The van der Waals surface area contributed by atoms with Gasteiger partial charge in [0.25, 0.3) is 0 Å². The fraction of sp³-hybridized carbons (Fsp3) is 0.556. The molecule has 2 aromatic heterocycles. The van der Waals surface area contributed by atoms with Gasteiger partial charge in [-0.25, -0.2) is 14.4 Å². The minimum atomic E-state index is -5.08. The van der Waals surface area contributed by atoms with E-state index >= 15 is 0 Å². The number of hydrogen-bond acceptors (Lipinski definition) is 8. The van der Waals surface area contributed by atoms with Crippen LogP contribution in [0.5, 0.6) is 0 Å². The third-order valence-electron chi connectivity index (χ3n) is 6.78. The molecule has 1 spiro atoms. The second-order valence-corrected chi connectivity index (χ2v) is 10.2. The highest BCUT2D eigenvalue weighted by atomic mass is 19.4. The van der Waals surface area contributed by atoms with Gasteiger partial charge in [-0.3, -0.25) is 9.88 Å². The van der Waals surface area contributed by atoms with Gasteiger partial charge < -0.3 is 29.4 Å². The molecule has 3 N–H and O–H groups in total. The van der Waals surface area contributed by atoms with E-state index in [1.807, 2.05) is 30.5 Å². The van der Waals surface area contributed by atoms with Gasteiger partial charge >= 0.3 is 36.4 Å². The van der Waals surface area contributed by atoms with Gasteiger partial charge in [0.1, 0.15) is 5.76 Å². The zero-order valence-electron chi connectivity index (χ0n) is 24.6. The Morgan fingerprint density at radius 2 is 1.43 bits per heavy atom. The van der Waals surface area contributed by atoms with Crippen LogP contribution in [0.15, 0.2) is 47.2 Å². The van der Waals surface area contributed by atoms with E-state index in [0.29, 0.717) is 17.9 Å². The third kappa shape index (κ3) is 15.0. The van der Waals surface area contributed by atoms with Gasteiger partial charge in [-0.2, -0.15) is 39.5 Å². The molecule has 47 heavy (non-hydrogen) atoms. The number of pyridine rings is 1. The van der Waals surface area contributed by atoms with Crippen LogP contribution in [0.3, 0.4) is 0 Å². The van der Waals surface area contributed by atoms with Crippen LogP contribution in [-0.4, -0.2) is 106 Å². The van der Waals surface area contributed by atoms with Crippen LogP contribution in [0.1, 0.15) is 24.8 Å². The summed E-state index contributed by atoms with van der Waals surface area (Å²) in [6.45, 7) is 10.4. The summed E-state index contributed by atoms with van der Waals surface area (Å²) in [5, 5.41) is 21.4. The number of rotatable bonds is 7. The van der Waals surface area contributed by atoms with Crippen LogP contribution in [-0.2, 0) is 32.3 Å². The standard InChI is InChI=1S/C21H29N3O2.3C2HF3O2/c1-2-23-12-18(14-25-15-19-6-3-4-9-22-19)21(16-23)8-10-24(17-21)13-20-7-5-11-26-20;3*3-2(4,5)1(6)7/h3-7,9,11,18H,2,8,10,12-17H2,1H3;3*(H,6,7)/t18-,21-;;;/m1.../s1. The summed E-state index contributed by atoms with van der Waals surface area (Å²) in [4.78, 5) is 36.2. The van der Waals surface area contributed by atoms with Gasteiger partial charge in [-0.1, -0.05) is 13.0 Å². The van der Waals surface area contributed by atoms with E-state index in [2.05, 4.69) is 27.8 Å². The molecule has 2 aliphatic rings. The Morgan fingerprint density at radius 3 is 1.85 bits per heavy atom. The van der Waals surface area contributed by atoms with Crippen molar-refractivity contribution in [3.05, 3.63) is 54.2 Å². The summed E-state index contributed by atoms with van der Waals surface area (Å²) < 4.78 is 107. The van der Waals surface area contributed by atoms with E-state index in [4.69, 9.17) is 38.9 Å². The number of ether oxygens (including phenoxy) is 1. The average molecular weight is 698 g/mol. The van der Waals surface area contributed by atoms with Crippen molar-refractivity contribution in [1.29, 1.82) is 0 Å². The number of alkyl halides is 9. The first-order valence-corrected chi connectivity index (χ1v) is 13.5. The van der Waals surface area contributed by atoms with Gasteiger partial charge in [0.15, 0.2) is 0 Å². The van der Waals surface area contributed by atoms with Crippen LogP contribution in [0.4, 0.5) is 39.5 Å². The van der Waals surface area contributed by atoms with E-state index in [9.17, 15) is 39.5 Å². The Balaban J connectivity index is 0.000000430. The van der Waals surface area contributed by atoms with Gasteiger partial charge in [-0.15, -0.1) is 0 Å². The van der Waals surface area contributed by atoms with E-state index in [1.165, 1.54) is 13.0 Å². The minimum Gasteiger partial charge on any atom is -0.475 e. The summed E-state index contributed by atoms with van der Waals surface area (Å²) >= 11 is 0. The molecular formula is C27H32F9N3O8. The lowest BCUT2D eigenvalue weighted by Gasteiger charge is -2.30. The van der Waals surface area contributed by atoms with Gasteiger partial charge in [0, 0.05) is 37.2 Å². The summed E-state index contributed by atoms with van der Waals surface area (Å²) in [5.74, 6) is -6.62. The molecule has 0 aromatic carbocycles. The van der Waals surface area contributed by atoms with Crippen LogP contribution in [0.25, 0.3) is 0 Å². The lowest BCUT2D eigenvalue weighted by Crippen LogP contribution is -2.36. The average Bonchev–Trinajstić information content (AvgIpc) is 3.70. The topological polar surface area (TPSA) is 154 Å². The maximum Gasteiger partial charge on any atom is 0.490 e. The second-order valence-electron chi connectivity index (χ2n) is 10.2. The van der Waals surface area contributed by atoms with Crippen LogP contribution in [0.2, 0.25) is 0 Å². The number of aromatic nitrogens is 1. The molecule has 2 saturated heterocycles. The van der Waals surface area contributed by atoms with Gasteiger partial charge in [0.2, 0.25) is 0 Å². The molecule has 2 fully saturated rings. The molecular weight excluding hydrogens is 665 g/mol. The molecule has 0 amide bonds. The summed E-state index contributed by atoms with van der Waals surface area (Å²) in [6.07, 6.45) is -10.4. The SMILES string of the molecule is CCN1C[C@H](COCc2ccccn2)[C@]2(CCN(Cc3ccco3)C2)C1.O=C(O)C(F)(F)F.O=C(O)C(F)(F)F.O=C(O)C(F)(F)F. The summed E-state index contributed by atoms with van der Waals surface area (Å²) in [5.41, 5.74) is 1.37. The van der Waals surface area contributed by atoms with E-state index < -0.39 is 36.4 Å². The molecule has 2 atom stereocenters. The predicted molar refractivity (Wildman–Crippen MR) is 142 cm³/mol. The van der Waals surface area contributed by atoms with Gasteiger partial charge in [0.05, 0.1) is 31.7 Å². The number of nitrogens with zero attached hydrogens (tertiary/aromatic N) is 3. The number of aliphatic carboxylic acids is 3. The quantitative estimate of drug-likeness (QED) is 0.338. The predicted octanol–water partition coefficient (Wildman–Crippen LogP) is 4.94. The lowest BCUT2D eigenvalue weighted by atomic mass is 9.77. The van der Waals surface area contributed by atoms with E-state index in [-0.39, 0.29) is 0 Å².